The summed E-state index contributed by atoms with van der Waals surface area (Å²) in [5, 5.41) is 12.3. The predicted octanol–water partition coefficient (Wildman–Crippen LogP) is 4.11. The monoisotopic (exact) mass is 371 g/mol. The number of allylic oxidation sites excluding steroid dienone is 3. The summed E-state index contributed by atoms with van der Waals surface area (Å²) in [6.45, 7) is 4.80. The molecule has 0 unspecified atom stereocenters. The quantitative estimate of drug-likeness (QED) is 0.636. The van der Waals surface area contributed by atoms with Gasteiger partial charge in [-0.3, -0.25) is 4.79 Å². The molecule has 0 atom stereocenters. The third-order valence-corrected chi connectivity index (χ3v) is 5.26. The van der Waals surface area contributed by atoms with Gasteiger partial charge in [0.1, 0.15) is 11.6 Å². The van der Waals surface area contributed by atoms with Crippen LogP contribution in [0.25, 0.3) is 0 Å². The number of likely N-dealkylation sites (N-methyl/N-ethyl adjacent to an activating group) is 1. The Hall–Kier alpha value is -3.32. The number of carbonyl (C=O) groups excluding carboxylic acids is 1. The number of para-hydroxylation sites is 1. The highest BCUT2D eigenvalue weighted by molar-refractivity contribution is 5.97. The van der Waals surface area contributed by atoms with Gasteiger partial charge in [-0.1, -0.05) is 62.4 Å². The zero-order valence-corrected chi connectivity index (χ0v) is 16.6. The summed E-state index contributed by atoms with van der Waals surface area (Å²) in [5.74, 6) is -0.341. The number of hydrogen-bond donors (Lipinski definition) is 1. The molecule has 2 aromatic carbocycles. The van der Waals surface area contributed by atoms with E-state index in [2.05, 4.69) is 36.2 Å². The van der Waals surface area contributed by atoms with Crippen molar-refractivity contribution in [3.8, 4) is 6.07 Å². The summed E-state index contributed by atoms with van der Waals surface area (Å²) < 4.78 is 0. The molecule has 1 amide bonds. The van der Waals surface area contributed by atoms with Crippen molar-refractivity contribution in [2.24, 2.45) is 0 Å². The molecule has 0 radical (unpaired) electrons. The van der Waals surface area contributed by atoms with E-state index in [0.29, 0.717) is 6.54 Å². The van der Waals surface area contributed by atoms with E-state index in [-0.39, 0.29) is 16.9 Å². The first-order valence-corrected chi connectivity index (χ1v) is 9.43. The maximum atomic E-state index is 12.4. The van der Waals surface area contributed by atoms with Crippen LogP contribution in [0.5, 0.6) is 0 Å². The highest BCUT2D eigenvalue weighted by Crippen LogP contribution is 2.46. The van der Waals surface area contributed by atoms with Gasteiger partial charge in [-0.25, -0.2) is 0 Å². The van der Waals surface area contributed by atoms with E-state index >= 15 is 0 Å². The Kier molecular flexibility index (Phi) is 5.65. The second-order valence-corrected chi connectivity index (χ2v) is 7.44. The van der Waals surface area contributed by atoms with Gasteiger partial charge in [0, 0.05) is 30.4 Å². The first kappa shape index (κ1) is 19.4. The number of fused-ring (bicyclic) bond motifs is 1. The molecule has 142 valence electrons. The van der Waals surface area contributed by atoms with Crippen molar-refractivity contribution in [2.75, 3.05) is 18.5 Å². The first-order chi connectivity index (χ1) is 13.4. The van der Waals surface area contributed by atoms with Crippen molar-refractivity contribution in [3.63, 3.8) is 0 Å². The summed E-state index contributed by atoms with van der Waals surface area (Å²) in [5.41, 5.74) is 4.52. The topological polar surface area (TPSA) is 56.1 Å². The van der Waals surface area contributed by atoms with Gasteiger partial charge >= 0.3 is 0 Å². The largest absolute Gasteiger partial charge is 0.351 e. The van der Waals surface area contributed by atoms with Crippen LogP contribution in [0.15, 0.2) is 78.0 Å². The van der Waals surface area contributed by atoms with Crippen LogP contribution in [0.1, 0.15) is 25.0 Å². The third-order valence-electron chi connectivity index (χ3n) is 5.26. The molecule has 0 spiro atoms. The fourth-order valence-corrected chi connectivity index (χ4v) is 3.69. The molecular weight excluding hydrogens is 346 g/mol. The summed E-state index contributed by atoms with van der Waals surface area (Å²) in [7, 11) is 2.01. The maximum absolute atomic E-state index is 12.4. The number of nitrogens with one attached hydrogen (secondary N) is 1. The highest BCUT2D eigenvalue weighted by atomic mass is 16.1. The Morgan fingerprint density at radius 2 is 1.82 bits per heavy atom. The standard InChI is InChI=1S/C24H25N3O/c1-24(2)20-11-7-8-12-21(20)27(3)22(24)14-13-19(17-25)23(28)26-16-15-18-9-5-4-6-10-18/h4-14H,15-16H2,1-3H3,(H,26,28)/b19-13+,22-14-. The molecule has 0 aromatic heterocycles. The molecule has 0 aliphatic carbocycles. The summed E-state index contributed by atoms with van der Waals surface area (Å²) in [6, 6.07) is 20.2. The predicted molar refractivity (Wildman–Crippen MR) is 113 cm³/mol. The molecule has 28 heavy (non-hydrogen) atoms. The smallest absolute Gasteiger partial charge is 0.261 e. The van der Waals surface area contributed by atoms with Gasteiger partial charge in [0.15, 0.2) is 0 Å². The number of carbonyl (C=O) groups is 1. The van der Waals surface area contributed by atoms with Crippen molar-refractivity contribution in [2.45, 2.75) is 25.7 Å². The van der Waals surface area contributed by atoms with Crippen molar-refractivity contribution >= 4 is 11.6 Å². The molecule has 3 rings (SSSR count). The number of nitrogens with zero attached hydrogens (tertiary/aromatic N) is 2. The Morgan fingerprint density at radius 3 is 2.50 bits per heavy atom. The minimum Gasteiger partial charge on any atom is -0.351 e. The van der Waals surface area contributed by atoms with Gasteiger partial charge in [-0.15, -0.1) is 0 Å². The lowest BCUT2D eigenvalue weighted by molar-refractivity contribution is -0.117. The lowest BCUT2D eigenvalue weighted by Crippen LogP contribution is -2.27. The number of benzene rings is 2. The SMILES string of the molecule is CN1/C(=C\C=C(/C#N)C(=O)NCCc2ccccc2)C(C)(C)c2ccccc21. The number of hydrogen-bond acceptors (Lipinski definition) is 3. The summed E-state index contributed by atoms with van der Waals surface area (Å²) in [4.78, 5) is 14.5. The fourth-order valence-electron chi connectivity index (χ4n) is 3.69. The van der Waals surface area contributed by atoms with Crippen molar-refractivity contribution in [3.05, 3.63) is 89.1 Å². The average Bonchev–Trinajstić information content (AvgIpc) is 2.90. The van der Waals surface area contributed by atoms with Crippen LogP contribution in [0.3, 0.4) is 0 Å². The Labute approximate surface area is 166 Å². The molecule has 1 aliphatic rings. The molecule has 0 saturated heterocycles. The van der Waals surface area contributed by atoms with Gasteiger partial charge in [0.25, 0.3) is 5.91 Å². The van der Waals surface area contributed by atoms with Gasteiger partial charge in [0.05, 0.1) is 0 Å². The van der Waals surface area contributed by atoms with Crippen LogP contribution in [0, 0.1) is 11.3 Å². The number of nitriles is 1. The second kappa shape index (κ2) is 8.14. The maximum Gasteiger partial charge on any atom is 0.261 e. The molecule has 4 nitrogen and oxygen atoms in total. The fraction of sp³-hybridized carbons (Fsp3) is 0.250. The zero-order valence-electron chi connectivity index (χ0n) is 16.6. The average molecular weight is 371 g/mol. The molecule has 2 aromatic rings. The molecular formula is C24H25N3O. The third kappa shape index (κ3) is 3.84. The van der Waals surface area contributed by atoms with Crippen molar-refractivity contribution in [1.29, 1.82) is 5.26 Å². The van der Waals surface area contributed by atoms with Crippen LogP contribution < -0.4 is 10.2 Å². The lowest BCUT2D eigenvalue weighted by atomic mass is 9.83. The van der Waals surface area contributed by atoms with Crippen LogP contribution >= 0.6 is 0 Å². The van der Waals surface area contributed by atoms with Gasteiger partial charge in [-0.05, 0) is 35.8 Å². The van der Waals surface area contributed by atoms with E-state index in [9.17, 15) is 10.1 Å². The number of rotatable bonds is 5. The molecule has 0 fully saturated rings. The van der Waals surface area contributed by atoms with Crippen LogP contribution in [0.2, 0.25) is 0 Å². The molecule has 1 aliphatic heterocycles. The van der Waals surface area contributed by atoms with E-state index in [1.807, 2.05) is 61.7 Å². The van der Waals surface area contributed by atoms with E-state index in [1.165, 1.54) is 5.56 Å². The lowest BCUT2D eigenvalue weighted by Gasteiger charge is -2.23. The van der Waals surface area contributed by atoms with Crippen molar-refractivity contribution < 1.29 is 4.79 Å². The second-order valence-electron chi connectivity index (χ2n) is 7.44. The first-order valence-electron chi connectivity index (χ1n) is 9.43. The summed E-state index contributed by atoms with van der Waals surface area (Å²) >= 11 is 0. The molecule has 1 N–H and O–H groups in total. The summed E-state index contributed by atoms with van der Waals surface area (Å²) in [6.07, 6.45) is 4.24. The number of anilines is 1. The molecule has 0 bridgehead atoms. The Balaban J connectivity index is 1.72. The Morgan fingerprint density at radius 1 is 1.14 bits per heavy atom. The van der Waals surface area contributed by atoms with Gasteiger partial charge in [0.2, 0.25) is 0 Å². The van der Waals surface area contributed by atoms with Crippen LogP contribution in [0.4, 0.5) is 5.69 Å². The molecule has 1 heterocycles. The molecule has 0 saturated carbocycles. The van der Waals surface area contributed by atoms with E-state index in [0.717, 1.165) is 23.4 Å². The van der Waals surface area contributed by atoms with Crippen LogP contribution in [-0.2, 0) is 16.6 Å². The zero-order chi connectivity index (χ0) is 20.1. The minimum absolute atomic E-state index is 0.112. The highest BCUT2D eigenvalue weighted by Gasteiger charge is 2.37. The minimum atomic E-state index is -0.341. The van der Waals surface area contributed by atoms with Crippen LogP contribution in [-0.4, -0.2) is 19.5 Å². The van der Waals surface area contributed by atoms with Gasteiger partial charge in [-0.2, -0.15) is 5.26 Å². The van der Waals surface area contributed by atoms with E-state index in [4.69, 9.17) is 0 Å². The normalized spacial score (nSPS) is 16.6. The van der Waals surface area contributed by atoms with E-state index in [1.54, 1.807) is 6.08 Å². The van der Waals surface area contributed by atoms with Crippen molar-refractivity contribution in [1.82, 2.24) is 5.32 Å². The number of amides is 1. The molecule has 4 heteroatoms. The Bertz CT molecular complexity index is 965. The van der Waals surface area contributed by atoms with E-state index < -0.39 is 0 Å². The van der Waals surface area contributed by atoms with Gasteiger partial charge < -0.3 is 10.2 Å².